The molecule has 0 aromatic rings. The van der Waals surface area contributed by atoms with E-state index in [4.69, 9.17) is 0 Å². The fraction of sp³-hybridized carbons (Fsp3) is 0.769. The largest absolute Gasteiger partial charge is 0.269 e. The van der Waals surface area contributed by atoms with Crippen LogP contribution in [0.2, 0.25) is 0 Å². The third kappa shape index (κ3) is 1.12. The van der Waals surface area contributed by atoms with Crippen molar-refractivity contribution in [1.29, 1.82) is 0 Å². The van der Waals surface area contributed by atoms with E-state index in [9.17, 15) is 13.2 Å². The number of hydrogen-bond acceptors (Lipinski definition) is 3. The van der Waals surface area contributed by atoms with Crippen LogP contribution in [0.4, 0.5) is 0 Å². The smallest absolute Gasteiger partial charge is 0.259 e. The van der Waals surface area contributed by atoms with Crippen molar-refractivity contribution in [2.75, 3.05) is 5.75 Å². The lowest BCUT2D eigenvalue weighted by Gasteiger charge is -2.36. The number of fused-ring (bicyclic) bond motifs is 1. The van der Waals surface area contributed by atoms with E-state index in [0.717, 1.165) is 29.6 Å². The highest BCUT2D eigenvalue weighted by Gasteiger charge is 2.72. The fourth-order valence-corrected chi connectivity index (χ4v) is 7.19. The van der Waals surface area contributed by atoms with E-state index in [1.807, 2.05) is 0 Å². The molecule has 3 fully saturated rings. The molecular weight excluding hydrogens is 250 g/mol. The maximum Gasteiger partial charge on any atom is 0.259 e. The molecule has 1 heterocycles. The number of carbonyl (C=O) groups is 1. The first-order valence-corrected chi connectivity index (χ1v) is 8.06. The van der Waals surface area contributed by atoms with Gasteiger partial charge >= 0.3 is 0 Å². The highest BCUT2D eigenvalue weighted by Crippen LogP contribution is 2.69. The Morgan fingerprint density at radius 1 is 1.44 bits per heavy atom. The van der Waals surface area contributed by atoms with Crippen LogP contribution in [0.1, 0.15) is 33.1 Å². The Balaban J connectivity index is 2.14. The highest BCUT2D eigenvalue weighted by molar-refractivity contribution is 7.90. The van der Waals surface area contributed by atoms with Crippen molar-refractivity contribution in [3.05, 3.63) is 12.7 Å². The van der Waals surface area contributed by atoms with Gasteiger partial charge in [0.05, 0.1) is 11.8 Å². The van der Waals surface area contributed by atoms with Gasteiger partial charge in [0.2, 0.25) is 10.0 Å². The van der Waals surface area contributed by atoms with E-state index < -0.39 is 15.9 Å². The summed E-state index contributed by atoms with van der Waals surface area (Å²) in [4.78, 5) is 11.9. The normalized spacial score (nSPS) is 42.9. The van der Waals surface area contributed by atoms with Gasteiger partial charge in [-0.15, -0.1) is 0 Å². The molecule has 1 amide bonds. The monoisotopic (exact) mass is 269 g/mol. The quantitative estimate of drug-likeness (QED) is 0.678. The second-order valence-electron chi connectivity index (χ2n) is 6.46. The van der Waals surface area contributed by atoms with Gasteiger partial charge in [-0.2, -0.15) is 0 Å². The van der Waals surface area contributed by atoms with Gasteiger partial charge in [-0.1, -0.05) is 20.4 Å². The molecule has 100 valence electrons. The number of amides is 1. The summed E-state index contributed by atoms with van der Waals surface area (Å²) < 4.78 is 25.7. The summed E-state index contributed by atoms with van der Waals surface area (Å²) in [7, 11) is -3.46. The molecule has 0 aromatic carbocycles. The molecule has 18 heavy (non-hydrogen) atoms. The molecule has 0 aromatic heterocycles. The highest BCUT2D eigenvalue weighted by atomic mass is 32.2. The van der Waals surface area contributed by atoms with Gasteiger partial charge in [0.1, 0.15) is 0 Å². The molecule has 1 saturated heterocycles. The van der Waals surface area contributed by atoms with Crippen molar-refractivity contribution in [3.8, 4) is 0 Å². The number of carbonyl (C=O) groups excluding carboxylic acids is 1. The van der Waals surface area contributed by atoms with Crippen LogP contribution >= 0.6 is 0 Å². The van der Waals surface area contributed by atoms with E-state index >= 15 is 0 Å². The Bertz CT molecular complexity index is 536. The molecule has 3 rings (SSSR count). The van der Waals surface area contributed by atoms with E-state index in [1.165, 1.54) is 0 Å². The van der Waals surface area contributed by atoms with Crippen molar-refractivity contribution in [2.45, 2.75) is 39.2 Å². The van der Waals surface area contributed by atoms with Crippen LogP contribution < -0.4 is 0 Å². The minimum absolute atomic E-state index is 0.0148. The summed E-state index contributed by atoms with van der Waals surface area (Å²) in [5.74, 6) is 0.214. The van der Waals surface area contributed by atoms with Gasteiger partial charge < -0.3 is 0 Å². The molecule has 1 aliphatic heterocycles. The Hall–Kier alpha value is -0.840. The predicted octanol–water partition coefficient (Wildman–Crippen LogP) is 1.54. The molecule has 1 spiro atoms. The van der Waals surface area contributed by atoms with Crippen LogP contribution in [0.25, 0.3) is 0 Å². The number of hydrogen-bond donors (Lipinski definition) is 0. The van der Waals surface area contributed by atoms with Gasteiger partial charge in [-0.05, 0) is 36.7 Å². The van der Waals surface area contributed by atoms with Crippen molar-refractivity contribution < 1.29 is 13.2 Å². The first-order valence-electron chi connectivity index (χ1n) is 6.45. The summed E-state index contributed by atoms with van der Waals surface area (Å²) >= 11 is 0. The van der Waals surface area contributed by atoms with Gasteiger partial charge in [0, 0.05) is 5.41 Å². The lowest BCUT2D eigenvalue weighted by molar-refractivity contribution is -0.124. The summed E-state index contributed by atoms with van der Waals surface area (Å²) in [6.45, 7) is 7.76. The molecule has 2 aliphatic carbocycles. The Labute approximate surface area is 108 Å². The Morgan fingerprint density at radius 2 is 2.11 bits per heavy atom. The third-order valence-corrected chi connectivity index (χ3v) is 7.72. The topological polar surface area (TPSA) is 54.5 Å². The van der Waals surface area contributed by atoms with E-state index in [0.29, 0.717) is 5.92 Å². The van der Waals surface area contributed by atoms with Crippen LogP contribution in [-0.4, -0.2) is 30.4 Å². The van der Waals surface area contributed by atoms with E-state index in [2.05, 4.69) is 20.4 Å². The minimum atomic E-state index is -3.46. The lowest BCUT2D eigenvalue weighted by atomic mass is 9.69. The average molecular weight is 269 g/mol. The van der Waals surface area contributed by atoms with Crippen LogP contribution in [-0.2, 0) is 14.8 Å². The summed E-state index contributed by atoms with van der Waals surface area (Å²) in [6.07, 6.45) is 3.96. The van der Waals surface area contributed by atoms with Crippen LogP contribution in [0.3, 0.4) is 0 Å². The summed E-state index contributed by atoms with van der Waals surface area (Å²) in [5, 5.41) is 0. The maximum absolute atomic E-state index is 12.3. The van der Waals surface area contributed by atoms with E-state index in [1.54, 1.807) is 0 Å². The zero-order chi connectivity index (χ0) is 13.3. The van der Waals surface area contributed by atoms with Crippen LogP contribution in [0.5, 0.6) is 0 Å². The molecular formula is C13H19NO3S. The first-order chi connectivity index (χ1) is 8.26. The van der Waals surface area contributed by atoms with Crippen molar-refractivity contribution in [2.24, 2.45) is 16.7 Å². The molecule has 3 aliphatic rings. The fourth-order valence-electron chi connectivity index (χ4n) is 4.67. The van der Waals surface area contributed by atoms with Crippen LogP contribution in [0.15, 0.2) is 12.7 Å². The second-order valence-corrected chi connectivity index (χ2v) is 8.31. The standard InChI is InChI=1S/C13H19NO3S/c1-4-11(15)14-10-7-9-5-6-13(10,12(9,2)3)8-18(14,16)17/h4,9-10H,1,5-8H2,2-3H3/t9-,10?,13-/m0/s1. The van der Waals surface area contributed by atoms with Crippen molar-refractivity contribution in [1.82, 2.24) is 4.31 Å². The molecule has 1 unspecified atom stereocenters. The molecule has 0 N–H and O–H groups in total. The summed E-state index contributed by atoms with van der Waals surface area (Å²) in [5.41, 5.74) is -0.212. The first kappa shape index (κ1) is 12.2. The molecule has 3 atom stereocenters. The SMILES string of the molecule is C=CC(=O)N1C2C[C@@H]3CC[C@@]2(CS1(=O)=O)C3(C)C. The van der Waals surface area contributed by atoms with Gasteiger partial charge in [-0.25, -0.2) is 12.7 Å². The van der Waals surface area contributed by atoms with Crippen molar-refractivity contribution in [3.63, 3.8) is 0 Å². The third-order valence-electron chi connectivity index (χ3n) is 5.80. The average Bonchev–Trinajstić information content (AvgIpc) is 2.74. The zero-order valence-corrected chi connectivity index (χ0v) is 11.7. The second kappa shape index (κ2) is 3.18. The molecule has 2 saturated carbocycles. The predicted molar refractivity (Wildman–Crippen MR) is 68.2 cm³/mol. The van der Waals surface area contributed by atoms with Gasteiger partial charge in [-0.3, -0.25) is 4.79 Å². The summed E-state index contributed by atoms with van der Waals surface area (Å²) in [6, 6.07) is -0.137. The number of rotatable bonds is 1. The van der Waals surface area contributed by atoms with Gasteiger partial charge in [0.25, 0.3) is 5.91 Å². The van der Waals surface area contributed by atoms with E-state index in [-0.39, 0.29) is 22.6 Å². The van der Waals surface area contributed by atoms with Crippen molar-refractivity contribution >= 4 is 15.9 Å². The number of sulfonamides is 1. The lowest BCUT2D eigenvalue weighted by Crippen LogP contribution is -2.43. The number of nitrogens with zero attached hydrogens (tertiary/aromatic N) is 1. The zero-order valence-electron chi connectivity index (χ0n) is 10.8. The minimum Gasteiger partial charge on any atom is -0.269 e. The molecule has 5 heteroatoms. The van der Waals surface area contributed by atoms with Crippen LogP contribution in [0, 0.1) is 16.7 Å². The maximum atomic E-state index is 12.3. The molecule has 2 bridgehead atoms. The molecule has 0 radical (unpaired) electrons. The molecule has 4 nitrogen and oxygen atoms in total. The Kier molecular flexibility index (Phi) is 2.16. The van der Waals surface area contributed by atoms with Gasteiger partial charge in [0.15, 0.2) is 0 Å². The Morgan fingerprint density at radius 3 is 2.67 bits per heavy atom.